The molecule has 0 amide bonds. The Kier molecular flexibility index (Phi) is 7.45. The number of thiophene rings is 4. The first-order chi connectivity index (χ1) is 15.5. The van der Waals surface area contributed by atoms with Crippen molar-refractivity contribution < 1.29 is 19.1 Å². The van der Waals surface area contributed by atoms with Crippen molar-refractivity contribution >= 4 is 67.4 Å². The molecule has 0 aliphatic carbocycles. The molecule has 0 radical (unpaired) electrons. The van der Waals surface area contributed by atoms with Gasteiger partial charge in [-0.2, -0.15) is 0 Å². The zero-order chi connectivity index (χ0) is 22.7. The van der Waals surface area contributed by atoms with E-state index in [2.05, 4.69) is 38.1 Å². The van der Waals surface area contributed by atoms with Crippen LogP contribution in [0.1, 0.15) is 45.6 Å². The lowest BCUT2D eigenvalue weighted by Crippen LogP contribution is -2.07. The van der Waals surface area contributed by atoms with E-state index in [9.17, 15) is 9.59 Å². The van der Waals surface area contributed by atoms with Crippen LogP contribution in [0.25, 0.3) is 29.6 Å². The van der Waals surface area contributed by atoms with Crippen LogP contribution in [0.5, 0.6) is 0 Å². The number of carbonyl (C=O) groups excluding carboxylic acids is 2. The molecule has 4 heterocycles. The van der Waals surface area contributed by atoms with Gasteiger partial charge in [0.25, 0.3) is 0 Å². The second-order valence-electron chi connectivity index (χ2n) is 7.33. The third kappa shape index (κ3) is 5.14. The number of aryl methyl sites for hydroxylation is 2. The zero-order valence-electron chi connectivity index (χ0n) is 18.2. The monoisotopic (exact) mass is 504 g/mol. The van der Waals surface area contributed by atoms with Crippen molar-refractivity contribution in [3.05, 3.63) is 45.0 Å². The molecular formula is C24H24O4S4. The SMILES string of the molecule is CCOC(=O)CCCCOC(=O)c1cc2c(-c3ccc(C)s3)sc(-c3ccc(C)s3)c2s1. The Bertz CT molecular complexity index is 1170. The predicted molar refractivity (Wildman–Crippen MR) is 137 cm³/mol. The fourth-order valence-corrected chi connectivity index (χ4v) is 7.87. The van der Waals surface area contributed by atoms with Gasteiger partial charge in [0.15, 0.2) is 0 Å². The van der Waals surface area contributed by atoms with Crippen LogP contribution in [-0.4, -0.2) is 25.2 Å². The molecule has 0 N–H and O–H groups in total. The van der Waals surface area contributed by atoms with Gasteiger partial charge in [0.05, 0.1) is 27.7 Å². The summed E-state index contributed by atoms with van der Waals surface area (Å²) < 4.78 is 11.6. The largest absolute Gasteiger partial charge is 0.466 e. The summed E-state index contributed by atoms with van der Waals surface area (Å²) >= 11 is 6.86. The van der Waals surface area contributed by atoms with Crippen LogP contribution in [0, 0.1) is 13.8 Å². The van der Waals surface area contributed by atoms with E-state index >= 15 is 0 Å². The lowest BCUT2D eigenvalue weighted by molar-refractivity contribution is -0.143. The zero-order valence-corrected chi connectivity index (χ0v) is 21.5. The molecule has 0 bridgehead atoms. The second kappa shape index (κ2) is 10.3. The number of esters is 2. The lowest BCUT2D eigenvalue weighted by atomic mass is 10.2. The van der Waals surface area contributed by atoms with Gasteiger partial charge in [0.1, 0.15) is 4.88 Å². The number of fused-ring (bicyclic) bond motifs is 1. The van der Waals surface area contributed by atoms with E-state index in [1.165, 1.54) is 40.6 Å². The number of unbranched alkanes of at least 4 members (excludes halogenated alkanes) is 1. The van der Waals surface area contributed by atoms with Gasteiger partial charge >= 0.3 is 11.9 Å². The Labute approximate surface area is 203 Å². The van der Waals surface area contributed by atoms with Gasteiger partial charge < -0.3 is 9.47 Å². The molecule has 0 spiro atoms. The predicted octanol–water partition coefficient (Wildman–Crippen LogP) is 7.93. The van der Waals surface area contributed by atoms with E-state index in [0.29, 0.717) is 37.4 Å². The summed E-state index contributed by atoms with van der Waals surface area (Å²) in [5, 5.41) is 1.12. The van der Waals surface area contributed by atoms with Crippen LogP contribution < -0.4 is 0 Å². The smallest absolute Gasteiger partial charge is 0.348 e. The van der Waals surface area contributed by atoms with Gasteiger partial charge in [-0.05, 0) is 63.9 Å². The van der Waals surface area contributed by atoms with Crippen LogP contribution in [0.15, 0.2) is 30.3 Å². The van der Waals surface area contributed by atoms with Crippen LogP contribution in [-0.2, 0) is 14.3 Å². The van der Waals surface area contributed by atoms with Crippen molar-refractivity contribution in [1.82, 2.24) is 0 Å². The average Bonchev–Trinajstić information content (AvgIpc) is 3.52. The molecule has 0 saturated carbocycles. The minimum atomic E-state index is -0.297. The molecule has 4 aromatic heterocycles. The molecule has 4 aromatic rings. The Morgan fingerprint density at radius 3 is 2.16 bits per heavy atom. The van der Waals surface area contributed by atoms with Gasteiger partial charge in [-0.15, -0.1) is 45.3 Å². The molecule has 168 valence electrons. The lowest BCUT2D eigenvalue weighted by Gasteiger charge is -2.03. The fourth-order valence-electron chi connectivity index (χ4n) is 3.33. The number of hydrogen-bond donors (Lipinski definition) is 0. The van der Waals surface area contributed by atoms with E-state index in [-0.39, 0.29) is 11.9 Å². The number of hydrogen-bond acceptors (Lipinski definition) is 8. The molecule has 0 atom stereocenters. The van der Waals surface area contributed by atoms with Crippen molar-refractivity contribution in [1.29, 1.82) is 0 Å². The fraction of sp³-hybridized carbons (Fsp3) is 0.333. The second-order valence-corrected chi connectivity index (χ2v) is 12.0. The number of rotatable bonds is 9. The topological polar surface area (TPSA) is 52.6 Å². The third-order valence-electron chi connectivity index (χ3n) is 4.83. The molecule has 0 fully saturated rings. The maximum Gasteiger partial charge on any atom is 0.348 e. The van der Waals surface area contributed by atoms with Gasteiger partial charge in [0.2, 0.25) is 0 Å². The first kappa shape index (κ1) is 23.2. The van der Waals surface area contributed by atoms with Crippen molar-refractivity contribution in [2.45, 2.75) is 40.0 Å². The summed E-state index contributed by atoms with van der Waals surface area (Å²) in [5.74, 6) is -0.501. The maximum atomic E-state index is 12.7. The molecule has 0 saturated heterocycles. The Balaban J connectivity index is 1.54. The van der Waals surface area contributed by atoms with E-state index in [4.69, 9.17) is 9.47 Å². The molecule has 0 aliphatic rings. The maximum absolute atomic E-state index is 12.7. The first-order valence-electron chi connectivity index (χ1n) is 10.5. The summed E-state index contributed by atoms with van der Waals surface area (Å²) in [6.07, 6.45) is 1.64. The summed E-state index contributed by atoms with van der Waals surface area (Å²) in [6.45, 7) is 6.71. The van der Waals surface area contributed by atoms with E-state index in [1.807, 2.05) is 6.07 Å². The highest BCUT2D eigenvalue weighted by molar-refractivity contribution is 7.32. The van der Waals surface area contributed by atoms with E-state index in [1.54, 1.807) is 40.9 Å². The van der Waals surface area contributed by atoms with Gasteiger partial charge in [-0.1, -0.05) is 0 Å². The highest BCUT2D eigenvalue weighted by atomic mass is 32.1. The number of ether oxygens (including phenoxy) is 2. The van der Waals surface area contributed by atoms with Gasteiger partial charge in [-0.3, -0.25) is 4.79 Å². The highest BCUT2D eigenvalue weighted by Crippen LogP contribution is 2.50. The Morgan fingerprint density at radius 1 is 0.844 bits per heavy atom. The molecule has 0 aromatic carbocycles. The average molecular weight is 505 g/mol. The van der Waals surface area contributed by atoms with Gasteiger partial charge in [0, 0.05) is 31.3 Å². The molecule has 4 nitrogen and oxygen atoms in total. The first-order valence-corrected chi connectivity index (χ1v) is 13.8. The normalized spacial score (nSPS) is 11.2. The molecule has 32 heavy (non-hydrogen) atoms. The minimum absolute atomic E-state index is 0.204. The van der Waals surface area contributed by atoms with Crippen LogP contribution >= 0.6 is 45.3 Å². The van der Waals surface area contributed by atoms with Crippen LogP contribution in [0.3, 0.4) is 0 Å². The van der Waals surface area contributed by atoms with Crippen molar-refractivity contribution in [3.63, 3.8) is 0 Å². The van der Waals surface area contributed by atoms with Crippen molar-refractivity contribution in [3.8, 4) is 19.5 Å². The van der Waals surface area contributed by atoms with Crippen LogP contribution in [0.2, 0.25) is 0 Å². The Morgan fingerprint density at radius 2 is 1.53 bits per heavy atom. The van der Waals surface area contributed by atoms with Crippen molar-refractivity contribution in [2.24, 2.45) is 0 Å². The van der Waals surface area contributed by atoms with Crippen LogP contribution in [0.4, 0.5) is 0 Å². The Hall–Kier alpha value is -2.00. The third-order valence-corrected chi connectivity index (χ3v) is 9.66. The minimum Gasteiger partial charge on any atom is -0.466 e. The standard InChI is InChI=1S/C24H24O4S4/c1-4-27-20(25)7-5-6-12-28-24(26)19-13-16-21(17-10-8-14(2)29-17)32-23(22(16)31-19)18-11-9-15(3)30-18/h8-11,13H,4-7,12H2,1-3H3. The van der Waals surface area contributed by atoms with Crippen molar-refractivity contribution in [2.75, 3.05) is 13.2 Å². The highest BCUT2D eigenvalue weighted by Gasteiger charge is 2.22. The van der Waals surface area contributed by atoms with Gasteiger partial charge in [-0.25, -0.2) is 4.79 Å². The molecule has 8 heteroatoms. The molecule has 4 rings (SSSR count). The summed E-state index contributed by atoms with van der Waals surface area (Å²) in [4.78, 5) is 32.2. The van der Waals surface area contributed by atoms with E-state index < -0.39 is 0 Å². The molecule has 0 aliphatic heterocycles. The quantitative estimate of drug-likeness (QED) is 0.172. The van der Waals surface area contributed by atoms with E-state index in [0.717, 1.165) is 10.1 Å². The molecular weight excluding hydrogens is 481 g/mol. The molecule has 0 unspecified atom stereocenters. The summed E-state index contributed by atoms with van der Waals surface area (Å²) in [7, 11) is 0. The summed E-state index contributed by atoms with van der Waals surface area (Å²) in [5.41, 5.74) is 0. The summed E-state index contributed by atoms with van der Waals surface area (Å²) in [6, 6.07) is 10.6. The number of carbonyl (C=O) groups is 2.